The number of ether oxygens (including phenoxy) is 1. The molecule has 1 aliphatic heterocycles. The average Bonchev–Trinajstić information content (AvgIpc) is 2.59. The number of fused-ring (bicyclic) bond motifs is 1. The summed E-state index contributed by atoms with van der Waals surface area (Å²) in [6.45, 7) is 1.24. The maximum Gasteiger partial charge on any atom is 0.223 e. The van der Waals surface area contributed by atoms with Crippen LogP contribution >= 0.6 is 11.6 Å². The van der Waals surface area contributed by atoms with Crippen molar-refractivity contribution in [1.29, 1.82) is 0 Å². The Morgan fingerprint density at radius 3 is 2.78 bits per heavy atom. The molecule has 1 aliphatic carbocycles. The molecule has 0 spiro atoms. The number of hydrogen-bond donors (Lipinski definition) is 0. The fourth-order valence-corrected chi connectivity index (χ4v) is 3.83. The standard InChI is InChI=1S/C18H22ClNO3/c19-14-6-2-1-5-13(14)16(21)9-10-18(22)20-11-12-23-17-8-4-3-7-15(17)20/h1-2,5-6,15,17H,3-4,7-12H2. The van der Waals surface area contributed by atoms with Gasteiger partial charge < -0.3 is 9.64 Å². The summed E-state index contributed by atoms with van der Waals surface area (Å²) in [6, 6.07) is 7.18. The summed E-state index contributed by atoms with van der Waals surface area (Å²) in [6.07, 6.45) is 4.99. The Labute approximate surface area is 141 Å². The lowest BCUT2D eigenvalue weighted by Gasteiger charge is -2.43. The highest BCUT2D eigenvalue weighted by molar-refractivity contribution is 6.34. The van der Waals surface area contributed by atoms with Gasteiger partial charge in [0.1, 0.15) is 0 Å². The monoisotopic (exact) mass is 335 g/mol. The van der Waals surface area contributed by atoms with Crippen LogP contribution in [0.5, 0.6) is 0 Å². The van der Waals surface area contributed by atoms with Gasteiger partial charge in [0.25, 0.3) is 0 Å². The van der Waals surface area contributed by atoms with Gasteiger partial charge in [0.15, 0.2) is 5.78 Å². The van der Waals surface area contributed by atoms with Crippen LogP contribution in [0.15, 0.2) is 24.3 Å². The third kappa shape index (κ3) is 3.75. The minimum absolute atomic E-state index is 0.0607. The molecule has 3 rings (SSSR count). The van der Waals surface area contributed by atoms with E-state index in [1.165, 1.54) is 6.42 Å². The average molecular weight is 336 g/mol. The topological polar surface area (TPSA) is 46.6 Å². The maximum atomic E-state index is 12.6. The van der Waals surface area contributed by atoms with Crippen molar-refractivity contribution in [2.75, 3.05) is 13.2 Å². The highest BCUT2D eigenvalue weighted by Gasteiger charge is 2.36. The van der Waals surface area contributed by atoms with Crippen LogP contribution in [-0.4, -0.2) is 41.9 Å². The van der Waals surface area contributed by atoms with Crippen molar-refractivity contribution in [1.82, 2.24) is 4.90 Å². The van der Waals surface area contributed by atoms with E-state index in [4.69, 9.17) is 16.3 Å². The summed E-state index contributed by atoms with van der Waals surface area (Å²) < 4.78 is 5.79. The Kier molecular flexibility index (Phi) is 5.34. The van der Waals surface area contributed by atoms with E-state index in [1.54, 1.807) is 24.3 Å². The van der Waals surface area contributed by atoms with Gasteiger partial charge >= 0.3 is 0 Å². The van der Waals surface area contributed by atoms with Gasteiger partial charge in [0.05, 0.1) is 23.8 Å². The van der Waals surface area contributed by atoms with Gasteiger partial charge in [-0.25, -0.2) is 0 Å². The molecule has 0 bridgehead atoms. The SMILES string of the molecule is O=C(CCC(=O)N1CCOC2CCCCC21)c1ccccc1Cl. The molecule has 23 heavy (non-hydrogen) atoms. The van der Waals surface area contributed by atoms with Gasteiger partial charge in [-0.05, 0) is 25.0 Å². The lowest BCUT2D eigenvalue weighted by molar-refractivity contribution is -0.149. The smallest absolute Gasteiger partial charge is 0.223 e. The van der Waals surface area contributed by atoms with E-state index in [9.17, 15) is 9.59 Å². The first kappa shape index (κ1) is 16.5. The first-order valence-corrected chi connectivity index (χ1v) is 8.73. The molecule has 2 aliphatic rings. The third-order valence-electron chi connectivity index (χ3n) is 4.79. The molecule has 1 aromatic carbocycles. The molecule has 1 saturated heterocycles. The van der Waals surface area contributed by atoms with E-state index >= 15 is 0 Å². The molecule has 1 aromatic rings. The second-order valence-electron chi connectivity index (χ2n) is 6.25. The Morgan fingerprint density at radius 2 is 1.96 bits per heavy atom. The van der Waals surface area contributed by atoms with Gasteiger partial charge in [-0.3, -0.25) is 9.59 Å². The van der Waals surface area contributed by atoms with Crippen LogP contribution in [-0.2, 0) is 9.53 Å². The predicted octanol–water partition coefficient (Wildman–Crippen LogP) is 3.47. The summed E-state index contributed by atoms with van der Waals surface area (Å²) >= 11 is 6.04. The van der Waals surface area contributed by atoms with Crippen molar-refractivity contribution in [2.45, 2.75) is 50.7 Å². The number of benzene rings is 1. The highest BCUT2D eigenvalue weighted by atomic mass is 35.5. The molecule has 1 amide bonds. The van der Waals surface area contributed by atoms with E-state index < -0.39 is 0 Å². The molecule has 1 heterocycles. The molecule has 2 fully saturated rings. The molecule has 2 unspecified atom stereocenters. The molecule has 0 radical (unpaired) electrons. The third-order valence-corrected chi connectivity index (χ3v) is 5.12. The number of Topliss-reactive ketones (excluding diaryl/α,β-unsaturated/α-hetero) is 1. The zero-order valence-electron chi connectivity index (χ0n) is 13.2. The van der Waals surface area contributed by atoms with Crippen LogP contribution < -0.4 is 0 Å². The molecular formula is C18H22ClNO3. The molecule has 0 aromatic heterocycles. The molecule has 5 heteroatoms. The van der Waals surface area contributed by atoms with Crippen LogP contribution in [0.2, 0.25) is 5.02 Å². The summed E-state index contributed by atoms with van der Waals surface area (Å²) in [5.41, 5.74) is 0.500. The van der Waals surface area contributed by atoms with E-state index in [2.05, 4.69) is 0 Å². The van der Waals surface area contributed by atoms with Crippen LogP contribution in [0.3, 0.4) is 0 Å². The number of hydrogen-bond acceptors (Lipinski definition) is 3. The van der Waals surface area contributed by atoms with Crippen molar-refractivity contribution in [2.24, 2.45) is 0 Å². The lowest BCUT2D eigenvalue weighted by Crippen LogP contribution is -2.54. The van der Waals surface area contributed by atoms with Crippen LogP contribution in [0.25, 0.3) is 0 Å². The Hall–Kier alpha value is -1.39. The van der Waals surface area contributed by atoms with Crippen LogP contribution in [0.1, 0.15) is 48.9 Å². The van der Waals surface area contributed by atoms with Gasteiger partial charge in [-0.2, -0.15) is 0 Å². The Balaban J connectivity index is 1.58. The quantitative estimate of drug-likeness (QED) is 0.791. The summed E-state index contributed by atoms with van der Waals surface area (Å²) in [7, 11) is 0. The summed E-state index contributed by atoms with van der Waals surface area (Å²) in [4.78, 5) is 26.8. The first-order chi connectivity index (χ1) is 11.2. The van der Waals surface area contributed by atoms with Gasteiger partial charge in [-0.1, -0.05) is 36.6 Å². The number of morpholine rings is 1. The molecule has 4 nitrogen and oxygen atoms in total. The van der Waals surface area contributed by atoms with Crippen LogP contribution in [0, 0.1) is 0 Å². The minimum Gasteiger partial charge on any atom is -0.374 e. The lowest BCUT2D eigenvalue weighted by atomic mass is 9.90. The van der Waals surface area contributed by atoms with Gasteiger partial charge in [-0.15, -0.1) is 0 Å². The fraction of sp³-hybridized carbons (Fsp3) is 0.556. The van der Waals surface area contributed by atoms with E-state index in [0.29, 0.717) is 23.7 Å². The number of ketones is 1. The van der Waals surface area contributed by atoms with Crippen LogP contribution in [0.4, 0.5) is 0 Å². The predicted molar refractivity (Wildman–Crippen MR) is 88.7 cm³/mol. The first-order valence-electron chi connectivity index (χ1n) is 8.35. The van der Waals surface area contributed by atoms with Crippen molar-refractivity contribution in [3.05, 3.63) is 34.9 Å². The summed E-state index contributed by atoms with van der Waals surface area (Å²) in [5, 5.41) is 0.448. The number of rotatable bonds is 4. The number of nitrogens with zero attached hydrogens (tertiary/aromatic N) is 1. The Bertz CT molecular complexity index is 587. The largest absolute Gasteiger partial charge is 0.374 e. The number of halogens is 1. The van der Waals surface area contributed by atoms with Gasteiger partial charge in [0.2, 0.25) is 5.91 Å². The number of carbonyl (C=O) groups excluding carboxylic acids is 2. The molecular weight excluding hydrogens is 314 g/mol. The zero-order chi connectivity index (χ0) is 16.2. The van der Waals surface area contributed by atoms with E-state index in [-0.39, 0.29) is 36.7 Å². The number of amides is 1. The Morgan fingerprint density at radius 1 is 1.17 bits per heavy atom. The molecule has 1 saturated carbocycles. The molecule has 2 atom stereocenters. The van der Waals surface area contributed by atoms with Gasteiger partial charge in [0, 0.05) is 24.9 Å². The molecule has 0 N–H and O–H groups in total. The highest BCUT2D eigenvalue weighted by Crippen LogP contribution is 2.29. The van der Waals surface area contributed by atoms with Crippen molar-refractivity contribution in [3.63, 3.8) is 0 Å². The maximum absolute atomic E-state index is 12.6. The van der Waals surface area contributed by atoms with E-state index in [1.807, 2.05) is 4.90 Å². The van der Waals surface area contributed by atoms with Crippen molar-refractivity contribution >= 4 is 23.3 Å². The number of carbonyl (C=O) groups is 2. The normalized spacial score (nSPS) is 24.1. The minimum atomic E-state index is -0.0718. The summed E-state index contributed by atoms with van der Waals surface area (Å²) in [5.74, 6) is -0.0111. The van der Waals surface area contributed by atoms with Crippen molar-refractivity contribution < 1.29 is 14.3 Å². The molecule has 124 valence electrons. The second kappa shape index (κ2) is 7.45. The van der Waals surface area contributed by atoms with Crippen molar-refractivity contribution in [3.8, 4) is 0 Å². The second-order valence-corrected chi connectivity index (χ2v) is 6.66. The zero-order valence-corrected chi connectivity index (χ0v) is 13.9. The fourth-order valence-electron chi connectivity index (χ4n) is 3.59. The van der Waals surface area contributed by atoms with E-state index in [0.717, 1.165) is 19.3 Å².